The monoisotopic (exact) mass is 382 g/mol. The molecule has 0 fully saturated rings. The van der Waals surface area contributed by atoms with Crippen LogP contribution < -0.4 is 5.32 Å². The lowest BCUT2D eigenvalue weighted by Gasteiger charge is -2.16. The number of carbonyl (C=O) groups excluding carboxylic acids is 1. The number of rotatable bonds is 8. The lowest BCUT2D eigenvalue weighted by Crippen LogP contribution is -2.28. The third-order valence-electron chi connectivity index (χ3n) is 4.31. The summed E-state index contributed by atoms with van der Waals surface area (Å²) in [6.45, 7) is 2.42. The minimum Gasteiger partial charge on any atom is -0.352 e. The maximum atomic E-state index is 12.5. The fraction of sp³-hybridized carbons (Fsp3) is 0.238. The molecule has 0 radical (unpaired) electrons. The van der Waals surface area contributed by atoms with E-state index in [9.17, 15) is 4.79 Å². The van der Waals surface area contributed by atoms with Gasteiger partial charge < -0.3 is 10.2 Å². The molecule has 5 nitrogen and oxygen atoms in total. The van der Waals surface area contributed by atoms with Gasteiger partial charge >= 0.3 is 0 Å². The molecule has 0 aliphatic heterocycles. The van der Waals surface area contributed by atoms with Gasteiger partial charge in [-0.2, -0.15) is 5.10 Å². The summed E-state index contributed by atoms with van der Waals surface area (Å²) >= 11 is 5.93. The molecule has 0 unspecified atom stereocenters. The first kappa shape index (κ1) is 19.1. The summed E-state index contributed by atoms with van der Waals surface area (Å²) in [5, 5.41) is 10.5. The van der Waals surface area contributed by atoms with Gasteiger partial charge in [-0.15, -0.1) is 0 Å². The highest BCUT2D eigenvalue weighted by Crippen LogP contribution is 2.22. The van der Waals surface area contributed by atoms with E-state index in [1.54, 1.807) is 18.3 Å². The van der Waals surface area contributed by atoms with E-state index in [-0.39, 0.29) is 5.91 Å². The van der Waals surface area contributed by atoms with Crippen LogP contribution in [0.4, 0.5) is 0 Å². The summed E-state index contributed by atoms with van der Waals surface area (Å²) in [4.78, 5) is 14.7. The smallest absolute Gasteiger partial charge is 0.255 e. The van der Waals surface area contributed by atoms with Gasteiger partial charge in [0.15, 0.2) is 0 Å². The Hall–Kier alpha value is -2.63. The average Bonchev–Trinajstić information content (AvgIpc) is 3.16. The Morgan fingerprint density at radius 1 is 1.15 bits per heavy atom. The van der Waals surface area contributed by atoms with Crippen LogP contribution in [-0.2, 0) is 6.54 Å². The first-order chi connectivity index (χ1) is 13.1. The van der Waals surface area contributed by atoms with Crippen LogP contribution in [0.15, 0.2) is 60.8 Å². The second kappa shape index (κ2) is 9.35. The van der Waals surface area contributed by atoms with E-state index in [1.807, 2.05) is 30.3 Å². The third kappa shape index (κ3) is 5.42. The molecule has 0 atom stereocenters. The molecule has 3 aromatic rings. The van der Waals surface area contributed by atoms with E-state index < -0.39 is 0 Å². The van der Waals surface area contributed by atoms with E-state index in [2.05, 4.69) is 39.6 Å². The molecule has 2 N–H and O–H groups in total. The van der Waals surface area contributed by atoms with Crippen LogP contribution >= 0.6 is 11.6 Å². The third-order valence-corrected chi connectivity index (χ3v) is 4.57. The van der Waals surface area contributed by atoms with Gasteiger partial charge in [0.2, 0.25) is 0 Å². The molecule has 1 aromatic heterocycles. The van der Waals surface area contributed by atoms with Crippen LogP contribution in [-0.4, -0.2) is 41.1 Å². The highest BCUT2D eigenvalue weighted by molar-refractivity contribution is 6.30. The number of hydrogen-bond donors (Lipinski definition) is 2. The molecular weight excluding hydrogens is 360 g/mol. The second-order valence-electron chi connectivity index (χ2n) is 6.50. The first-order valence-electron chi connectivity index (χ1n) is 8.93. The topological polar surface area (TPSA) is 61.0 Å². The molecule has 3 rings (SSSR count). The van der Waals surface area contributed by atoms with Crippen molar-refractivity contribution in [2.75, 3.05) is 20.1 Å². The van der Waals surface area contributed by atoms with Gasteiger partial charge in [0.05, 0.1) is 17.5 Å². The Morgan fingerprint density at radius 2 is 1.89 bits per heavy atom. The molecule has 0 saturated carbocycles. The number of aromatic nitrogens is 2. The Balaban J connectivity index is 1.47. The fourth-order valence-corrected chi connectivity index (χ4v) is 3.04. The number of benzene rings is 2. The van der Waals surface area contributed by atoms with Crippen LogP contribution in [0.25, 0.3) is 11.3 Å². The van der Waals surface area contributed by atoms with Gasteiger partial charge in [-0.1, -0.05) is 54.1 Å². The number of halogens is 1. The van der Waals surface area contributed by atoms with Crippen molar-refractivity contribution in [1.29, 1.82) is 0 Å². The molecule has 0 saturated heterocycles. The predicted octanol–water partition coefficient (Wildman–Crippen LogP) is 3.98. The van der Waals surface area contributed by atoms with Gasteiger partial charge in [0, 0.05) is 23.7 Å². The molecule has 2 aromatic carbocycles. The molecular formula is C21H23ClN4O. The van der Waals surface area contributed by atoms with E-state index in [0.29, 0.717) is 22.8 Å². The Bertz CT molecular complexity index is 861. The Kier molecular flexibility index (Phi) is 6.63. The molecule has 0 bridgehead atoms. The summed E-state index contributed by atoms with van der Waals surface area (Å²) in [6, 6.07) is 17.7. The van der Waals surface area contributed by atoms with Crippen molar-refractivity contribution in [3.8, 4) is 11.3 Å². The van der Waals surface area contributed by atoms with E-state index >= 15 is 0 Å². The SMILES string of the molecule is CN(CCCNC(=O)c1cn[nH]c1-c1ccc(Cl)cc1)Cc1ccccc1. The minimum atomic E-state index is -0.126. The quantitative estimate of drug-likeness (QED) is 0.579. The van der Waals surface area contributed by atoms with Crippen LogP contribution in [0.1, 0.15) is 22.3 Å². The maximum Gasteiger partial charge on any atom is 0.255 e. The van der Waals surface area contributed by atoms with Crippen LogP contribution in [0.5, 0.6) is 0 Å². The number of nitrogens with zero attached hydrogens (tertiary/aromatic N) is 2. The number of amides is 1. The summed E-state index contributed by atoms with van der Waals surface area (Å²) in [5.41, 5.74) is 3.40. The zero-order chi connectivity index (χ0) is 19.1. The van der Waals surface area contributed by atoms with Crippen molar-refractivity contribution >= 4 is 17.5 Å². The fourth-order valence-electron chi connectivity index (χ4n) is 2.92. The first-order valence-corrected chi connectivity index (χ1v) is 9.31. The summed E-state index contributed by atoms with van der Waals surface area (Å²) in [5.74, 6) is -0.126. The molecule has 1 heterocycles. The molecule has 0 aliphatic carbocycles. The van der Waals surface area contributed by atoms with Crippen LogP contribution in [0.3, 0.4) is 0 Å². The van der Waals surface area contributed by atoms with Gasteiger partial charge in [-0.25, -0.2) is 0 Å². The number of hydrogen-bond acceptors (Lipinski definition) is 3. The van der Waals surface area contributed by atoms with Crippen molar-refractivity contribution in [2.24, 2.45) is 0 Å². The van der Waals surface area contributed by atoms with E-state index in [0.717, 1.165) is 25.1 Å². The number of carbonyl (C=O) groups is 1. The normalized spacial score (nSPS) is 10.9. The van der Waals surface area contributed by atoms with Crippen LogP contribution in [0.2, 0.25) is 5.02 Å². The van der Waals surface area contributed by atoms with Gasteiger partial charge in [0.1, 0.15) is 0 Å². The molecule has 140 valence electrons. The van der Waals surface area contributed by atoms with E-state index in [4.69, 9.17) is 11.6 Å². The lowest BCUT2D eigenvalue weighted by atomic mass is 10.1. The van der Waals surface area contributed by atoms with Gasteiger partial charge in [-0.3, -0.25) is 9.89 Å². The summed E-state index contributed by atoms with van der Waals surface area (Å²) in [6.07, 6.45) is 2.43. The molecule has 27 heavy (non-hydrogen) atoms. The largest absolute Gasteiger partial charge is 0.352 e. The zero-order valence-corrected chi connectivity index (χ0v) is 16.0. The molecule has 0 spiro atoms. The molecule has 1 amide bonds. The van der Waals surface area contributed by atoms with Crippen molar-refractivity contribution in [3.05, 3.63) is 76.9 Å². The van der Waals surface area contributed by atoms with E-state index in [1.165, 1.54) is 5.56 Å². The Labute approximate surface area is 164 Å². The summed E-state index contributed by atoms with van der Waals surface area (Å²) in [7, 11) is 2.09. The number of aromatic amines is 1. The van der Waals surface area contributed by atoms with Crippen molar-refractivity contribution < 1.29 is 4.79 Å². The lowest BCUT2D eigenvalue weighted by molar-refractivity contribution is 0.0952. The highest BCUT2D eigenvalue weighted by Gasteiger charge is 2.14. The van der Waals surface area contributed by atoms with Crippen LogP contribution in [0, 0.1) is 0 Å². The molecule has 0 aliphatic rings. The van der Waals surface area contributed by atoms with Crippen molar-refractivity contribution in [3.63, 3.8) is 0 Å². The summed E-state index contributed by atoms with van der Waals surface area (Å²) < 4.78 is 0. The molecule has 6 heteroatoms. The second-order valence-corrected chi connectivity index (χ2v) is 6.93. The van der Waals surface area contributed by atoms with Crippen molar-refractivity contribution in [2.45, 2.75) is 13.0 Å². The standard InChI is InChI=1S/C21H23ClN4O/c1-26(15-16-6-3-2-4-7-16)13-5-12-23-21(27)19-14-24-25-20(19)17-8-10-18(22)11-9-17/h2-4,6-11,14H,5,12-13,15H2,1H3,(H,23,27)(H,24,25). The van der Waals surface area contributed by atoms with Gasteiger partial charge in [-0.05, 0) is 37.7 Å². The average molecular weight is 383 g/mol. The Morgan fingerprint density at radius 3 is 2.63 bits per heavy atom. The highest BCUT2D eigenvalue weighted by atomic mass is 35.5. The minimum absolute atomic E-state index is 0.126. The predicted molar refractivity (Wildman–Crippen MR) is 109 cm³/mol. The number of H-pyrrole nitrogens is 1. The van der Waals surface area contributed by atoms with Gasteiger partial charge in [0.25, 0.3) is 5.91 Å². The van der Waals surface area contributed by atoms with Crippen molar-refractivity contribution in [1.82, 2.24) is 20.4 Å². The number of nitrogens with one attached hydrogen (secondary N) is 2. The zero-order valence-electron chi connectivity index (χ0n) is 15.3. The maximum absolute atomic E-state index is 12.5.